The largest absolute Gasteiger partial charge is 0.462 e. The van der Waals surface area contributed by atoms with E-state index in [0.717, 1.165) is 0 Å². The Bertz CT molecular complexity index is 398. The van der Waals surface area contributed by atoms with E-state index in [2.05, 4.69) is 10.3 Å². The summed E-state index contributed by atoms with van der Waals surface area (Å²) >= 11 is 0. The number of H-pyrrole nitrogens is 1. The Kier molecular flexibility index (Phi) is 3.91. The lowest BCUT2D eigenvalue weighted by Crippen LogP contribution is -2.15. The summed E-state index contributed by atoms with van der Waals surface area (Å²) in [6.07, 6.45) is 1.36. The summed E-state index contributed by atoms with van der Waals surface area (Å²) in [7, 11) is 0. The van der Waals surface area contributed by atoms with Crippen molar-refractivity contribution in [3.8, 4) is 0 Å². The van der Waals surface area contributed by atoms with Gasteiger partial charge in [-0.2, -0.15) is 0 Å². The third-order valence-corrected chi connectivity index (χ3v) is 1.79. The van der Waals surface area contributed by atoms with E-state index in [0.29, 0.717) is 24.4 Å². The Labute approximate surface area is 87.5 Å². The molecule has 1 aromatic heterocycles. The Morgan fingerprint density at radius 1 is 1.53 bits per heavy atom. The third kappa shape index (κ3) is 2.83. The SMILES string of the molecule is CCNc1cc(=O)[nH]cc1C(=O)OCC. The molecule has 2 N–H and O–H groups in total. The average molecular weight is 210 g/mol. The van der Waals surface area contributed by atoms with Crippen LogP contribution in [0.25, 0.3) is 0 Å². The third-order valence-electron chi connectivity index (χ3n) is 1.79. The molecular weight excluding hydrogens is 196 g/mol. The van der Waals surface area contributed by atoms with Gasteiger partial charge in [0.05, 0.1) is 17.9 Å². The summed E-state index contributed by atoms with van der Waals surface area (Å²) in [5.41, 5.74) is 0.594. The number of ether oxygens (including phenoxy) is 1. The van der Waals surface area contributed by atoms with Gasteiger partial charge in [-0.15, -0.1) is 0 Å². The minimum atomic E-state index is -0.440. The molecule has 82 valence electrons. The lowest BCUT2D eigenvalue weighted by atomic mass is 10.2. The first-order valence-electron chi connectivity index (χ1n) is 4.82. The maximum Gasteiger partial charge on any atom is 0.341 e. The maximum absolute atomic E-state index is 11.5. The van der Waals surface area contributed by atoms with Crippen molar-refractivity contribution in [1.82, 2.24) is 4.98 Å². The first-order chi connectivity index (χ1) is 7.19. The molecule has 15 heavy (non-hydrogen) atoms. The lowest BCUT2D eigenvalue weighted by molar-refractivity contribution is 0.0527. The van der Waals surface area contributed by atoms with Crippen LogP contribution in [0.15, 0.2) is 17.1 Å². The molecule has 0 unspecified atom stereocenters. The van der Waals surface area contributed by atoms with Crippen LogP contribution in [0.3, 0.4) is 0 Å². The zero-order valence-corrected chi connectivity index (χ0v) is 8.79. The molecule has 0 aliphatic carbocycles. The zero-order valence-electron chi connectivity index (χ0n) is 8.79. The normalized spacial score (nSPS) is 9.73. The van der Waals surface area contributed by atoms with Crippen LogP contribution >= 0.6 is 0 Å². The van der Waals surface area contributed by atoms with Gasteiger partial charge in [0.25, 0.3) is 0 Å². The van der Waals surface area contributed by atoms with E-state index in [1.807, 2.05) is 6.92 Å². The van der Waals surface area contributed by atoms with Gasteiger partial charge in [0.2, 0.25) is 5.56 Å². The number of carbonyl (C=O) groups is 1. The molecule has 0 bridgehead atoms. The number of esters is 1. The van der Waals surface area contributed by atoms with Crippen LogP contribution < -0.4 is 10.9 Å². The average Bonchev–Trinajstić information content (AvgIpc) is 2.18. The van der Waals surface area contributed by atoms with Gasteiger partial charge in [-0.1, -0.05) is 0 Å². The quantitative estimate of drug-likeness (QED) is 0.727. The molecule has 0 atom stereocenters. The molecule has 5 heteroatoms. The standard InChI is InChI=1S/C10H14N2O3/c1-3-11-8-5-9(13)12-6-7(8)10(14)15-4-2/h5-6H,3-4H2,1-2H3,(H2,11,12,13). The summed E-state index contributed by atoms with van der Waals surface area (Å²) in [4.78, 5) is 25.0. The maximum atomic E-state index is 11.5. The highest BCUT2D eigenvalue weighted by molar-refractivity contribution is 5.95. The summed E-state index contributed by atoms with van der Waals surface area (Å²) in [6.45, 7) is 4.56. The van der Waals surface area contributed by atoms with E-state index in [1.165, 1.54) is 12.3 Å². The number of aromatic amines is 1. The van der Waals surface area contributed by atoms with Crippen LogP contribution in [0.2, 0.25) is 0 Å². The van der Waals surface area contributed by atoms with Crippen molar-refractivity contribution in [1.29, 1.82) is 0 Å². The number of rotatable bonds is 4. The van der Waals surface area contributed by atoms with Crippen molar-refractivity contribution in [3.05, 3.63) is 28.2 Å². The highest BCUT2D eigenvalue weighted by Gasteiger charge is 2.12. The molecule has 0 radical (unpaired) electrons. The van der Waals surface area contributed by atoms with Crippen LogP contribution in [-0.4, -0.2) is 24.1 Å². The molecule has 0 aromatic carbocycles. The molecular formula is C10H14N2O3. The fourth-order valence-corrected chi connectivity index (χ4v) is 1.19. The molecule has 1 rings (SSSR count). The number of anilines is 1. The van der Waals surface area contributed by atoms with Crippen LogP contribution in [0.4, 0.5) is 5.69 Å². The molecule has 0 spiro atoms. The first kappa shape index (κ1) is 11.3. The van der Waals surface area contributed by atoms with Gasteiger partial charge in [-0.25, -0.2) is 4.79 Å². The Hall–Kier alpha value is -1.78. The second kappa shape index (κ2) is 5.19. The second-order valence-electron chi connectivity index (χ2n) is 2.88. The molecule has 0 saturated heterocycles. The minimum absolute atomic E-state index is 0.251. The van der Waals surface area contributed by atoms with E-state index in [-0.39, 0.29) is 5.56 Å². The predicted molar refractivity (Wildman–Crippen MR) is 57.2 cm³/mol. The fraction of sp³-hybridized carbons (Fsp3) is 0.400. The molecule has 0 aliphatic rings. The number of nitrogens with one attached hydrogen (secondary N) is 2. The van der Waals surface area contributed by atoms with Crippen molar-refractivity contribution in [2.24, 2.45) is 0 Å². The molecule has 0 fully saturated rings. The van der Waals surface area contributed by atoms with Gasteiger partial charge in [-0.05, 0) is 13.8 Å². The zero-order chi connectivity index (χ0) is 11.3. The smallest absolute Gasteiger partial charge is 0.341 e. The number of hydrogen-bond donors (Lipinski definition) is 2. The Balaban J connectivity index is 3.04. The monoisotopic (exact) mass is 210 g/mol. The predicted octanol–water partition coefficient (Wildman–Crippen LogP) is 0.983. The van der Waals surface area contributed by atoms with Gasteiger partial charge in [0, 0.05) is 18.8 Å². The Morgan fingerprint density at radius 2 is 2.27 bits per heavy atom. The Morgan fingerprint density at radius 3 is 2.87 bits per heavy atom. The molecule has 0 saturated carbocycles. The second-order valence-corrected chi connectivity index (χ2v) is 2.88. The van der Waals surface area contributed by atoms with Gasteiger partial charge in [0.15, 0.2) is 0 Å². The van der Waals surface area contributed by atoms with Crippen LogP contribution in [0.5, 0.6) is 0 Å². The molecule has 1 heterocycles. The van der Waals surface area contributed by atoms with Crippen molar-refractivity contribution >= 4 is 11.7 Å². The molecule has 0 amide bonds. The number of carbonyl (C=O) groups excluding carboxylic acids is 1. The molecule has 0 aliphatic heterocycles. The summed E-state index contributed by atoms with van der Waals surface area (Å²) in [5, 5.41) is 2.94. The van der Waals surface area contributed by atoms with E-state index in [1.54, 1.807) is 6.92 Å². The highest BCUT2D eigenvalue weighted by Crippen LogP contribution is 2.12. The van der Waals surface area contributed by atoms with Crippen LogP contribution in [-0.2, 0) is 4.74 Å². The van der Waals surface area contributed by atoms with Crippen LogP contribution in [0.1, 0.15) is 24.2 Å². The molecule has 5 nitrogen and oxygen atoms in total. The van der Waals surface area contributed by atoms with Gasteiger partial charge < -0.3 is 15.0 Å². The van der Waals surface area contributed by atoms with Gasteiger partial charge in [0.1, 0.15) is 0 Å². The van der Waals surface area contributed by atoms with Crippen molar-refractivity contribution in [2.75, 3.05) is 18.5 Å². The summed E-state index contributed by atoms with van der Waals surface area (Å²) < 4.78 is 4.85. The highest BCUT2D eigenvalue weighted by atomic mass is 16.5. The fourth-order valence-electron chi connectivity index (χ4n) is 1.19. The van der Waals surface area contributed by atoms with Crippen molar-refractivity contribution in [2.45, 2.75) is 13.8 Å². The number of pyridine rings is 1. The number of aromatic nitrogens is 1. The van der Waals surface area contributed by atoms with Crippen molar-refractivity contribution in [3.63, 3.8) is 0 Å². The lowest BCUT2D eigenvalue weighted by Gasteiger charge is -2.08. The summed E-state index contributed by atoms with van der Waals surface area (Å²) in [5.74, 6) is -0.440. The van der Waals surface area contributed by atoms with Gasteiger partial charge >= 0.3 is 5.97 Å². The molecule has 1 aromatic rings. The summed E-state index contributed by atoms with van der Waals surface area (Å²) in [6, 6.07) is 1.34. The minimum Gasteiger partial charge on any atom is -0.462 e. The van der Waals surface area contributed by atoms with E-state index < -0.39 is 5.97 Å². The van der Waals surface area contributed by atoms with E-state index in [9.17, 15) is 9.59 Å². The first-order valence-corrected chi connectivity index (χ1v) is 4.82. The van der Waals surface area contributed by atoms with E-state index in [4.69, 9.17) is 4.74 Å². The topological polar surface area (TPSA) is 71.2 Å². The van der Waals surface area contributed by atoms with Crippen molar-refractivity contribution < 1.29 is 9.53 Å². The number of hydrogen-bond acceptors (Lipinski definition) is 4. The van der Waals surface area contributed by atoms with Crippen LogP contribution in [0, 0.1) is 0 Å². The van der Waals surface area contributed by atoms with Gasteiger partial charge in [-0.3, -0.25) is 4.79 Å². The van der Waals surface area contributed by atoms with E-state index >= 15 is 0 Å².